The summed E-state index contributed by atoms with van der Waals surface area (Å²) in [5, 5.41) is 0. The van der Waals surface area contributed by atoms with Crippen LogP contribution in [0, 0.1) is 19.8 Å². The van der Waals surface area contributed by atoms with Gasteiger partial charge in [-0.15, -0.1) is 12.4 Å². The summed E-state index contributed by atoms with van der Waals surface area (Å²) < 4.78 is 5.68. The van der Waals surface area contributed by atoms with Gasteiger partial charge in [-0.05, 0) is 37.3 Å². The van der Waals surface area contributed by atoms with Crippen molar-refractivity contribution in [3.8, 4) is 5.75 Å². The fraction of sp³-hybridized carbons (Fsp3) is 0.588. The van der Waals surface area contributed by atoms with Crippen LogP contribution in [0.3, 0.4) is 0 Å². The summed E-state index contributed by atoms with van der Waals surface area (Å²) in [7, 11) is 1.80. The minimum absolute atomic E-state index is 0. The minimum atomic E-state index is -0.0198. The van der Waals surface area contributed by atoms with Gasteiger partial charge in [0.15, 0.2) is 6.61 Å². The SMILES string of the molecule is Cc1cccc(C)c1OCC(=O)N(C)CCC(N)C(C)C.Cl. The van der Waals surface area contributed by atoms with Crippen LogP contribution < -0.4 is 10.5 Å². The molecule has 0 spiro atoms. The van der Waals surface area contributed by atoms with Gasteiger partial charge in [-0.3, -0.25) is 4.79 Å². The zero-order valence-electron chi connectivity index (χ0n) is 14.3. The van der Waals surface area contributed by atoms with Gasteiger partial charge in [-0.2, -0.15) is 0 Å². The number of nitrogens with zero attached hydrogens (tertiary/aromatic N) is 1. The van der Waals surface area contributed by atoms with Crippen LogP contribution in [-0.2, 0) is 4.79 Å². The molecule has 1 rings (SSSR count). The van der Waals surface area contributed by atoms with E-state index in [0.29, 0.717) is 12.5 Å². The van der Waals surface area contributed by atoms with Crippen molar-refractivity contribution in [2.45, 2.75) is 40.2 Å². The third-order valence-corrected chi connectivity index (χ3v) is 3.83. The highest BCUT2D eigenvalue weighted by molar-refractivity contribution is 5.85. The molecule has 0 saturated carbocycles. The van der Waals surface area contributed by atoms with E-state index in [0.717, 1.165) is 23.3 Å². The molecule has 1 amide bonds. The van der Waals surface area contributed by atoms with Gasteiger partial charge in [0, 0.05) is 19.6 Å². The number of hydrogen-bond donors (Lipinski definition) is 1. The molecule has 0 aliphatic rings. The number of benzene rings is 1. The minimum Gasteiger partial charge on any atom is -0.483 e. The molecule has 0 aliphatic heterocycles. The lowest BCUT2D eigenvalue weighted by Crippen LogP contribution is -2.36. The lowest BCUT2D eigenvalue weighted by molar-refractivity contribution is -0.132. The zero-order chi connectivity index (χ0) is 16.0. The highest BCUT2D eigenvalue weighted by Crippen LogP contribution is 2.22. The third-order valence-electron chi connectivity index (χ3n) is 3.83. The highest BCUT2D eigenvalue weighted by atomic mass is 35.5. The van der Waals surface area contributed by atoms with Crippen LogP contribution in [0.4, 0.5) is 0 Å². The van der Waals surface area contributed by atoms with E-state index in [1.54, 1.807) is 11.9 Å². The van der Waals surface area contributed by atoms with E-state index in [1.807, 2.05) is 32.0 Å². The Bertz CT molecular complexity index is 457. The van der Waals surface area contributed by atoms with Crippen LogP contribution >= 0.6 is 12.4 Å². The number of likely N-dealkylation sites (N-methyl/N-ethyl adjacent to an activating group) is 1. The first-order valence-electron chi connectivity index (χ1n) is 7.51. The fourth-order valence-electron chi connectivity index (χ4n) is 2.07. The number of aryl methyl sites for hydroxylation is 2. The molecule has 0 fully saturated rings. The van der Waals surface area contributed by atoms with E-state index < -0.39 is 0 Å². The number of carbonyl (C=O) groups excluding carboxylic acids is 1. The Kier molecular flexibility index (Phi) is 9.14. The number of rotatable bonds is 7. The molecule has 22 heavy (non-hydrogen) atoms. The molecule has 0 radical (unpaired) electrons. The van der Waals surface area contributed by atoms with E-state index in [-0.39, 0.29) is 31.0 Å². The molecule has 2 N–H and O–H groups in total. The quantitative estimate of drug-likeness (QED) is 0.837. The van der Waals surface area contributed by atoms with Crippen LogP contribution in [0.2, 0.25) is 0 Å². The molecular weight excluding hydrogens is 300 g/mol. The first kappa shape index (κ1) is 20.7. The van der Waals surface area contributed by atoms with E-state index >= 15 is 0 Å². The van der Waals surface area contributed by atoms with Gasteiger partial charge in [-0.1, -0.05) is 32.0 Å². The van der Waals surface area contributed by atoms with Crippen molar-refractivity contribution in [3.05, 3.63) is 29.3 Å². The molecular formula is C17H29ClN2O2. The van der Waals surface area contributed by atoms with Gasteiger partial charge in [0.25, 0.3) is 5.91 Å². The van der Waals surface area contributed by atoms with Crippen LogP contribution in [0.25, 0.3) is 0 Å². The number of amides is 1. The standard InChI is InChI=1S/C17H28N2O2.ClH/c1-12(2)15(18)9-10-19(5)16(20)11-21-17-13(3)7-6-8-14(17)4;/h6-8,12,15H,9-11,18H2,1-5H3;1H. The molecule has 0 heterocycles. The Labute approximate surface area is 140 Å². The molecule has 1 unspecified atom stereocenters. The molecule has 0 bridgehead atoms. The van der Waals surface area contributed by atoms with E-state index in [9.17, 15) is 4.79 Å². The Balaban J connectivity index is 0.00000441. The second kappa shape index (κ2) is 9.70. The topological polar surface area (TPSA) is 55.6 Å². The molecule has 0 aliphatic carbocycles. The lowest BCUT2D eigenvalue weighted by atomic mass is 10.0. The summed E-state index contributed by atoms with van der Waals surface area (Å²) in [6.07, 6.45) is 0.809. The third kappa shape index (κ3) is 6.24. The Hall–Kier alpha value is -1.26. The summed E-state index contributed by atoms with van der Waals surface area (Å²) in [6, 6.07) is 6.08. The maximum atomic E-state index is 12.1. The highest BCUT2D eigenvalue weighted by Gasteiger charge is 2.14. The maximum absolute atomic E-state index is 12.1. The van der Waals surface area contributed by atoms with Gasteiger partial charge in [-0.25, -0.2) is 0 Å². The van der Waals surface area contributed by atoms with E-state index in [1.165, 1.54) is 0 Å². The second-order valence-electron chi connectivity index (χ2n) is 6.02. The van der Waals surface area contributed by atoms with Crippen molar-refractivity contribution >= 4 is 18.3 Å². The van der Waals surface area contributed by atoms with Gasteiger partial charge < -0.3 is 15.4 Å². The van der Waals surface area contributed by atoms with Crippen LogP contribution in [0.5, 0.6) is 5.75 Å². The van der Waals surface area contributed by atoms with Crippen molar-refractivity contribution in [1.82, 2.24) is 4.90 Å². The van der Waals surface area contributed by atoms with Crippen LogP contribution in [-0.4, -0.2) is 37.0 Å². The summed E-state index contributed by atoms with van der Waals surface area (Å²) in [5.74, 6) is 1.21. The van der Waals surface area contributed by atoms with Crippen molar-refractivity contribution < 1.29 is 9.53 Å². The average Bonchev–Trinajstić information content (AvgIpc) is 2.43. The van der Waals surface area contributed by atoms with E-state index in [4.69, 9.17) is 10.5 Å². The molecule has 5 heteroatoms. The van der Waals surface area contributed by atoms with Crippen LogP contribution in [0.1, 0.15) is 31.4 Å². The van der Waals surface area contributed by atoms with Gasteiger partial charge in [0.05, 0.1) is 0 Å². The summed E-state index contributed by atoms with van der Waals surface area (Å²) in [4.78, 5) is 13.8. The number of hydrogen-bond acceptors (Lipinski definition) is 3. The second-order valence-corrected chi connectivity index (χ2v) is 6.02. The van der Waals surface area contributed by atoms with Crippen molar-refractivity contribution in [3.63, 3.8) is 0 Å². The normalized spacial score (nSPS) is 11.8. The number of para-hydroxylation sites is 1. The monoisotopic (exact) mass is 328 g/mol. The molecule has 4 nitrogen and oxygen atoms in total. The first-order valence-corrected chi connectivity index (χ1v) is 7.51. The largest absolute Gasteiger partial charge is 0.483 e. The number of nitrogens with two attached hydrogens (primary N) is 1. The van der Waals surface area contributed by atoms with Crippen molar-refractivity contribution in [2.75, 3.05) is 20.2 Å². The summed E-state index contributed by atoms with van der Waals surface area (Å²) >= 11 is 0. The Morgan fingerprint density at radius 1 is 1.27 bits per heavy atom. The Morgan fingerprint density at radius 3 is 2.32 bits per heavy atom. The molecule has 0 aromatic heterocycles. The molecule has 1 atom stereocenters. The summed E-state index contributed by atoms with van der Waals surface area (Å²) in [5.41, 5.74) is 8.10. The molecule has 1 aromatic carbocycles. The van der Waals surface area contributed by atoms with Crippen molar-refractivity contribution in [2.24, 2.45) is 11.7 Å². The lowest BCUT2D eigenvalue weighted by Gasteiger charge is -2.22. The van der Waals surface area contributed by atoms with Crippen LogP contribution in [0.15, 0.2) is 18.2 Å². The smallest absolute Gasteiger partial charge is 0.260 e. The molecule has 1 aromatic rings. The number of ether oxygens (including phenoxy) is 1. The van der Waals surface area contributed by atoms with Gasteiger partial charge >= 0.3 is 0 Å². The number of carbonyl (C=O) groups is 1. The first-order chi connectivity index (χ1) is 9.82. The predicted octanol–water partition coefficient (Wildman–Crippen LogP) is 2.94. The zero-order valence-corrected chi connectivity index (χ0v) is 15.1. The molecule has 126 valence electrons. The fourth-order valence-corrected chi connectivity index (χ4v) is 2.07. The summed E-state index contributed by atoms with van der Waals surface area (Å²) in [6.45, 7) is 8.89. The predicted molar refractivity (Wildman–Crippen MR) is 93.7 cm³/mol. The Morgan fingerprint density at radius 2 is 1.82 bits per heavy atom. The van der Waals surface area contributed by atoms with E-state index in [2.05, 4.69) is 13.8 Å². The van der Waals surface area contributed by atoms with Gasteiger partial charge in [0.1, 0.15) is 5.75 Å². The molecule has 0 saturated heterocycles. The number of halogens is 1. The maximum Gasteiger partial charge on any atom is 0.260 e. The van der Waals surface area contributed by atoms with Crippen molar-refractivity contribution in [1.29, 1.82) is 0 Å². The van der Waals surface area contributed by atoms with Gasteiger partial charge in [0.2, 0.25) is 0 Å². The average molecular weight is 329 g/mol.